The zero-order valence-electron chi connectivity index (χ0n) is 11.9. The molecule has 1 aliphatic carbocycles. The van der Waals surface area contributed by atoms with Crippen LogP contribution in [0.4, 0.5) is 0 Å². The molecule has 0 heterocycles. The average Bonchev–Trinajstić information content (AvgIpc) is 2.71. The maximum atomic E-state index is 6.20. The van der Waals surface area contributed by atoms with Gasteiger partial charge in [-0.3, -0.25) is 0 Å². The summed E-state index contributed by atoms with van der Waals surface area (Å²) in [6.45, 7) is 1.24. The molecule has 0 unspecified atom stereocenters. The molecule has 1 aromatic carbocycles. The van der Waals surface area contributed by atoms with Crippen molar-refractivity contribution in [2.75, 3.05) is 13.7 Å². The maximum absolute atomic E-state index is 6.20. The molecule has 0 aromatic heterocycles. The van der Waals surface area contributed by atoms with Crippen LogP contribution in [0.5, 0.6) is 5.75 Å². The van der Waals surface area contributed by atoms with Crippen molar-refractivity contribution >= 4 is 0 Å². The lowest BCUT2D eigenvalue weighted by molar-refractivity contribution is -0.0602. The second-order valence-electron chi connectivity index (χ2n) is 5.44. The van der Waals surface area contributed by atoms with Gasteiger partial charge < -0.3 is 15.2 Å². The average molecular weight is 263 g/mol. The first-order chi connectivity index (χ1) is 9.28. The fourth-order valence-corrected chi connectivity index (χ4v) is 2.78. The molecule has 0 radical (unpaired) electrons. The predicted molar refractivity (Wildman–Crippen MR) is 77.3 cm³/mol. The highest BCUT2D eigenvalue weighted by Gasteiger charge is 2.30. The Bertz CT molecular complexity index is 384. The van der Waals surface area contributed by atoms with E-state index in [1.54, 1.807) is 7.11 Å². The molecule has 1 aliphatic rings. The van der Waals surface area contributed by atoms with Crippen molar-refractivity contribution in [2.45, 2.75) is 50.7 Å². The molecule has 1 fully saturated rings. The van der Waals surface area contributed by atoms with Gasteiger partial charge in [-0.05, 0) is 30.5 Å². The van der Waals surface area contributed by atoms with Gasteiger partial charge in [-0.15, -0.1) is 0 Å². The SMILES string of the molecule is COc1cccc(COC2(CN)CCCCCC2)c1. The highest BCUT2D eigenvalue weighted by Crippen LogP contribution is 2.30. The molecule has 106 valence electrons. The summed E-state index contributed by atoms with van der Waals surface area (Å²) in [5, 5.41) is 0. The maximum Gasteiger partial charge on any atom is 0.119 e. The summed E-state index contributed by atoms with van der Waals surface area (Å²) in [6, 6.07) is 8.05. The summed E-state index contributed by atoms with van der Waals surface area (Å²) in [4.78, 5) is 0. The van der Waals surface area contributed by atoms with Crippen LogP contribution in [0.25, 0.3) is 0 Å². The second kappa shape index (κ2) is 6.92. The zero-order chi connectivity index (χ0) is 13.6. The van der Waals surface area contributed by atoms with Crippen molar-refractivity contribution in [3.05, 3.63) is 29.8 Å². The number of methoxy groups -OCH3 is 1. The van der Waals surface area contributed by atoms with Gasteiger partial charge in [0.1, 0.15) is 5.75 Å². The van der Waals surface area contributed by atoms with E-state index < -0.39 is 0 Å². The van der Waals surface area contributed by atoms with E-state index in [0.717, 1.165) is 24.2 Å². The fraction of sp³-hybridized carbons (Fsp3) is 0.625. The standard InChI is InChI=1S/C16H25NO2/c1-18-15-8-6-7-14(11-15)12-19-16(13-17)9-4-2-3-5-10-16/h6-8,11H,2-5,9-10,12-13,17H2,1H3. The van der Waals surface area contributed by atoms with E-state index in [4.69, 9.17) is 15.2 Å². The van der Waals surface area contributed by atoms with Crippen molar-refractivity contribution in [3.8, 4) is 5.75 Å². The summed E-state index contributed by atoms with van der Waals surface area (Å²) >= 11 is 0. The van der Waals surface area contributed by atoms with Gasteiger partial charge in [-0.2, -0.15) is 0 Å². The lowest BCUT2D eigenvalue weighted by Crippen LogP contribution is -2.40. The van der Waals surface area contributed by atoms with E-state index in [1.165, 1.54) is 25.7 Å². The molecule has 0 atom stereocenters. The molecule has 2 rings (SSSR count). The van der Waals surface area contributed by atoms with E-state index in [2.05, 4.69) is 6.07 Å². The van der Waals surface area contributed by atoms with Crippen molar-refractivity contribution < 1.29 is 9.47 Å². The van der Waals surface area contributed by atoms with Crippen molar-refractivity contribution in [2.24, 2.45) is 5.73 Å². The lowest BCUT2D eigenvalue weighted by atomic mass is 9.94. The summed E-state index contributed by atoms with van der Waals surface area (Å²) in [5.74, 6) is 0.878. The van der Waals surface area contributed by atoms with Crippen molar-refractivity contribution in [1.82, 2.24) is 0 Å². The van der Waals surface area contributed by atoms with E-state index in [0.29, 0.717) is 13.2 Å². The Morgan fingerprint density at radius 3 is 2.53 bits per heavy atom. The monoisotopic (exact) mass is 263 g/mol. The van der Waals surface area contributed by atoms with Crippen LogP contribution >= 0.6 is 0 Å². The number of ether oxygens (including phenoxy) is 2. The predicted octanol–water partition coefficient (Wildman–Crippen LogP) is 3.26. The Kier molecular flexibility index (Phi) is 5.23. The number of rotatable bonds is 5. The van der Waals surface area contributed by atoms with Crippen molar-refractivity contribution in [3.63, 3.8) is 0 Å². The molecule has 2 N–H and O–H groups in total. The van der Waals surface area contributed by atoms with E-state index in [9.17, 15) is 0 Å². The Morgan fingerprint density at radius 2 is 1.89 bits per heavy atom. The van der Waals surface area contributed by atoms with E-state index in [1.807, 2.05) is 18.2 Å². The molecule has 0 saturated heterocycles. The van der Waals surface area contributed by atoms with Gasteiger partial charge >= 0.3 is 0 Å². The number of nitrogens with two attached hydrogens (primary N) is 1. The fourth-order valence-electron chi connectivity index (χ4n) is 2.78. The Morgan fingerprint density at radius 1 is 1.16 bits per heavy atom. The Balaban J connectivity index is 1.98. The summed E-state index contributed by atoms with van der Waals surface area (Å²) in [7, 11) is 1.69. The minimum atomic E-state index is -0.112. The first kappa shape index (κ1) is 14.4. The Hall–Kier alpha value is -1.06. The minimum Gasteiger partial charge on any atom is -0.497 e. The van der Waals surface area contributed by atoms with Gasteiger partial charge in [0.15, 0.2) is 0 Å². The topological polar surface area (TPSA) is 44.5 Å². The second-order valence-corrected chi connectivity index (χ2v) is 5.44. The molecule has 0 amide bonds. The minimum absolute atomic E-state index is 0.112. The third-order valence-electron chi connectivity index (χ3n) is 4.07. The molecule has 0 aliphatic heterocycles. The molecular weight excluding hydrogens is 238 g/mol. The lowest BCUT2D eigenvalue weighted by Gasteiger charge is -2.31. The van der Waals surface area contributed by atoms with Crippen LogP contribution in [0.1, 0.15) is 44.1 Å². The van der Waals surface area contributed by atoms with Crippen LogP contribution in [0.2, 0.25) is 0 Å². The molecule has 0 bridgehead atoms. The normalized spacial score (nSPS) is 18.8. The zero-order valence-corrected chi connectivity index (χ0v) is 11.9. The number of benzene rings is 1. The van der Waals surface area contributed by atoms with Crippen LogP contribution in [-0.4, -0.2) is 19.3 Å². The molecule has 1 saturated carbocycles. The van der Waals surface area contributed by atoms with Crippen LogP contribution in [0.15, 0.2) is 24.3 Å². The van der Waals surface area contributed by atoms with E-state index >= 15 is 0 Å². The van der Waals surface area contributed by atoms with Gasteiger partial charge in [-0.25, -0.2) is 0 Å². The van der Waals surface area contributed by atoms with Crippen LogP contribution in [-0.2, 0) is 11.3 Å². The molecule has 1 aromatic rings. The summed E-state index contributed by atoms with van der Waals surface area (Å²) in [5.41, 5.74) is 7.02. The summed E-state index contributed by atoms with van der Waals surface area (Å²) < 4.78 is 11.4. The molecule has 3 nitrogen and oxygen atoms in total. The summed E-state index contributed by atoms with van der Waals surface area (Å²) in [6.07, 6.45) is 7.26. The van der Waals surface area contributed by atoms with Gasteiger partial charge in [0.2, 0.25) is 0 Å². The third kappa shape index (κ3) is 3.95. The molecular formula is C16H25NO2. The largest absolute Gasteiger partial charge is 0.497 e. The highest BCUT2D eigenvalue weighted by atomic mass is 16.5. The van der Waals surface area contributed by atoms with Gasteiger partial charge in [0.25, 0.3) is 0 Å². The smallest absolute Gasteiger partial charge is 0.119 e. The molecule has 3 heteroatoms. The molecule has 19 heavy (non-hydrogen) atoms. The van der Waals surface area contributed by atoms with Crippen LogP contribution < -0.4 is 10.5 Å². The van der Waals surface area contributed by atoms with Gasteiger partial charge in [0.05, 0.1) is 19.3 Å². The van der Waals surface area contributed by atoms with Gasteiger partial charge in [-0.1, -0.05) is 37.8 Å². The quantitative estimate of drug-likeness (QED) is 0.829. The van der Waals surface area contributed by atoms with Crippen LogP contribution in [0, 0.1) is 0 Å². The Labute approximate surface area is 116 Å². The van der Waals surface area contributed by atoms with Crippen LogP contribution in [0.3, 0.4) is 0 Å². The highest BCUT2D eigenvalue weighted by molar-refractivity contribution is 5.27. The molecule has 0 spiro atoms. The number of hydrogen-bond donors (Lipinski definition) is 1. The first-order valence-corrected chi connectivity index (χ1v) is 7.25. The van der Waals surface area contributed by atoms with Gasteiger partial charge in [0, 0.05) is 6.54 Å². The first-order valence-electron chi connectivity index (χ1n) is 7.25. The third-order valence-corrected chi connectivity index (χ3v) is 4.07. The van der Waals surface area contributed by atoms with Crippen molar-refractivity contribution in [1.29, 1.82) is 0 Å². The number of hydrogen-bond acceptors (Lipinski definition) is 3. The van der Waals surface area contributed by atoms with E-state index in [-0.39, 0.29) is 5.60 Å².